The quantitative estimate of drug-likeness (QED) is 0.632. The highest BCUT2D eigenvalue weighted by atomic mass is 14.9. The van der Waals surface area contributed by atoms with Gasteiger partial charge in [-0.2, -0.15) is 0 Å². The van der Waals surface area contributed by atoms with Crippen LogP contribution in [-0.4, -0.2) is 13.1 Å². The van der Waals surface area contributed by atoms with E-state index < -0.39 is 0 Å². The molecule has 1 saturated carbocycles. The molecule has 0 aromatic heterocycles. The fraction of sp³-hybridized carbons (Fsp3) is 1.00. The Balaban J connectivity index is 1.92. The van der Waals surface area contributed by atoms with E-state index in [9.17, 15) is 0 Å². The van der Waals surface area contributed by atoms with Gasteiger partial charge < -0.3 is 5.32 Å². The van der Waals surface area contributed by atoms with Crippen LogP contribution in [0.2, 0.25) is 0 Å². The van der Waals surface area contributed by atoms with E-state index in [-0.39, 0.29) is 0 Å². The Morgan fingerprint density at radius 3 is 2.58 bits per heavy atom. The molecular weight excluding hydrogens is 146 g/mol. The summed E-state index contributed by atoms with van der Waals surface area (Å²) in [5, 5.41) is 3.52. The second-order valence-corrected chi connectivity index (χ2v) is 5.00. The van der Waals surface area contributed by atoms with E-state index in [4.69, 9.17) is 0 Å². The molecule has 0 radical (unpaired) electrons. The molecule has 12 heavy (non-hydrogen) atoms. The number of rotatable bonds is 1. The summed E-state index contributed by atoms with van der Waals surface area (Å²) in [6, 6.07) is 0. The van der Waals surface area contributed by atoms with Crippen LogP contribution in [0.1, 0.15) is 33.1 Å². The Morgan fingerprint density at radius 2 is 1.83 bits per heavy atom. The van der Waals surface area contributed by atoms with Crippen molar-refractivity contribution in [2.75, 3.05) is 13.1 Å². The van der Waals surface area contributed by atoms with Crippen molar-refractivity contribution < 1.29 is 0 Å². The van der Waals surface area contributed by atoms with Gasteiger partial charge in [-0.25, -0.2) is 0 Å². The van der Waals surface area contributed by atoms with Crippen molar-refractivity contribution in [1.82, 2.24) is 5.32 Å². The van der Waals surface area contributed by atoms with Crippen molar-refractivity contribution in [1.29, 1.82) is 0 Å². The van der Waals surface area contributed by atoms with E-state index in [1.54, 1.807) is 0 Å². The molecule has 0 aromatic carbocycles. The van der Waals surface area contributed by atoms with Crippen LogP contribution < -0.4 is 5.32 Å². The molecule has 0 aromatic rings. The van der Waals surface area contributed by atoms with E-state index >= 15 is 0 Å². The summed E-state index contributed by atoms with van der Waals surface area (Å²) < 4.78 is 0. The third kappa shape index (κ3) is 1.52. The Kier molecular flexibility index (Phi) is 2.40. The molecule has 3 atom stereocenters. The predicted octanol–water partition coefficient (Wildman–Crippen LogP) is 2.28. The molecular formula is C11H21N. The van der Waals surface area contributed by atoms with Gasteiger partial charge in [-0.15, -0.1) is 0 Å². The second-order valence-electron chi connectivity index (χ2n) is 5.00. The minimum atomic E-state index is 0.909. The third-order valence-corrected chi connectivity index (χ3v) is 3.94. The van der Waals surface area contributed by atoms with E-state index in [0.717, 1.165) is 23.7 Å². The number of hydrogen-bond donors (Lipinski definition) is 1. The van der Waals surface area contributed by atoms with Gasteiger partial charge in [0.1, 0.15) is 0 Å². The first kappa shape index (κ1) is 8.55. The van der Waals surface area contributed by atoms with Gasteiger partial charge in [0.25, 0.3) is 0 Å². The van der Waals surface area contributed by atoms with Crippen molar-refractivity contribution in [3.05, 3.63) is 0 Å². The maximum atomic E-state index is 3.52. The lowest BCUT2D eigenvalue weighted by Crippen LogP contribution is -2.26. The van der Waals surface area contributed by atoms with Crippen LogP contribution in [0, 0.1) is 23.7 Å². The molecule has 1 heteroatoms. The summed E-state index contributed by atoms with van der Waals surface area (Å²) >= 11 is 0. The highest BCUT2D eigenvalue weighted by molar-refractivity contribution is 4.87. The van der Waals surface area contributed by atoms with Crippen LogP contribution in [0.25, 0.3) is 0 Å². The van der Waals surface area contributed by atoms with E-state index in [0.29, 0.717) is 0 Å². The SMILES string of the molecule is CC(C)C1CCC2CNCC2C1. The molecule has 0 spiro atoms. The van der Waals surface area contributed by atoms with Crippen LogP contribution >= 0.6 is 0 Å². The maximum Gasteiger partial charge on any atom is -0.00172 e. The first-order valence-corrected chi connectivity index (χ1v) is 5.48. The van der Waals surface area contributed by atoms with Crippen LogP contribution in [0.5, 0.6) is 0 Å². The van der Waals surface area contributed by atoms with Gasteiger partial charge in [-0.1, -0.05) is 13.8 Å². The lowest BCUT2D eigenvalue weighted by atomic mass is 9.72. The Morgan fingerprint density at radius 1 is 1.08 bits per heavy atom. The average molecular weight is 167 g/mol. The van der Waals surface area contributed by atoms with Gasteiger partial charge >= 0.3 is 0 Å². The molecule has 2 fully saturated rings. The number of nitrogens with one attached hydrogen (secondary N) is 1. The molecule has 1 aliphatic heterocycles. The van der Waals surface area contributed by atoms with Crippen molar-refractivity contribution >= 4 is 0 Å². The molecule has 1 heterocycles. The van der Waals surface area contributed by atoms with Crippen molar-refractivity contribution in [3.63, 3.8) is 0 Å². The summed E-state index contributed by atoms with van der Waals surface area (Å²) in [4.78, 5) is 0. The average Bonchev–Trinajstić information content (AvgIpc) is 2.49. The summed E-state index contributed by atoms with van der Waals surface area (Å²) in [6.45, 7) is 7.37. The molecule has 3 unspecified atom stereocenters. The van der Waals surface area contributed by atoms with Gasteiger partial charge in [-0.05, 0) is 56.0 Å². The molecule has 2 aliphatic rings. The highest BCUT2D eigenvalue weighted by Gasteiger charge is 2.34. The molecule has 1 saturated heterocycles. The molecule has 1 aliphatic carbocycles. The maximum absolute atomic E-state index is 3.52. The van der Waals surface area contributed by atoms with Crippen LogP contribution in [-0.2, 0) is 0 Å². The summed E-state index contributed by atoms with van der Waals surface area (Å²) in [5.41, 5.74) is 0. The van der Waals surface area contributed by atoms with Gasteiger partial charge in [0.2, 0.25) is 0 Å². The summed E-state index contributed by atoms with van der Waals surface area (Å²) in [5.74, 6) is 3.98. The molecule has 0 amide bonds. The smallest absolute Gasteiger partial charge is 0.00172 e. The van der Waals surface area contributed by atoms with Crippen LogP contribution in [0.3, 0.4) is 0 Å². The van der Waals surface area contributed by atoms with E-state index in [1.165, 1.54) is 32.4 Å². The zero-order valence-corrected chi connectivity index (χ0v) is 8.34. The first-order chi connectivity index (χ1) is 5.77. The number of fused-ring (bicyclic) bond motifs is 1. The topological polar surface area (TPSA) is 12.0 Å². The lowest BCUT2D eigenvalue weighted by Gasteiger charge is -2.33. The highest BCUT2D eigenvalue weighted by Crippen LogP contribution is 2.38. The van der Waals surface area contributed by atoms with Crippen LogP contribution in [0.4, 0.5) is 0 Å². The monoisotopic (exact) mass is 167 g/mol. The predicted molar refractivity (Wildman–Crippen MR) is 52.0 cm³/mol. The molecule has 70 valence electrons. The van der Waals surface area contributed by atoms with Gasteiger partial charge in [-0.3, -0.25) is 0 Å². The first-order valence-electron chi connectivity index (χ1n) is 5.48. The van der Waals surface area contributed by atoms with Gasteiger partial charge in [0, 0.05) is 0 Å². The fourth-order valence-corrected chi connectivity index (χ4v) is 2.94. The van der Waals surface area contributed by atoms with Crippen LogP contribution in [0.15, 0.2) is 0 Å². The number of hydrogen-bond acceptors (Lipinski definition) is 1. The fourth-order valence-electron chi connectivity index (χ4n) is 2.94. The lowest BCUT2D eigenvalue weighted by molar-refractivity contribution is 0.183. The van der Waals surface area contributed by atoms with Gasteiger partial charge in [0.15, 0.2) is 0 Å². The Hall–Kier alpha value is -0.0400. The standard InChI is InChI=1S/C11H21N/c1-8(2)9-3-4-10-6-12-7-11(10)5-9/h8-12H,3-7H2,1-2H3. The zero-order valence-electron chi connectivity index (χ0n) is 8.34. The molecule has 1 nitrogen and oxygen atoms in total. The molecule has 1 N–H and O–H groups in total. The van der Waals surface area contributed by atoms with E-state index in [1.807, 2.05) is 0 Å². The summed E-state index contributed by atoms with van der Waals surface area (Å²) in [6.07, 6.45) is 4.47. The molecule has 2 rings (SSSR count). The molecule has 0 bridgehead atoms. The Labute approximate surface area is 75.9 Å². The minimum Gasteiger partial charge on any atom is -0.316 e. The van der Waals surface area contributed by atoms with Crippen molar-refractivity contribution in [2.24, 2.45) is 23.7 Å². The van der Waals surface area contributed by atoms with Crippen molar-refractivity contribution in [2.45, 2.75) is 33.1 Å². The largest absolute Gasteiger partial charge is 0.316 e. The van der Waals surface area contributed by atoms with Gasteiger partial charge in [0.05, 0.1) is 0 Å². The third-order valence-electron chi connectivity index (χ3n) is 3.94. The zero-order chi connectivity index (χ0) is 8.55. The van der Waals surface area contributed by atoms with Crippen molar-refractivity contribution in [3.8, 4) is 0 Å². The minimum absolute atomic E-state index is 0.909. The second kappa shape index (κ2) is 3.37. The van der Waals surface area contributed by atoms with E-state index in [2.05, 4.69) is 19.2 Å². The Bertz CT molecular complexity index is 153. The summed E-state index contributed by atoms with van der Waals surface area (Å²) in [7, 11) is 0. The normalized spacial score (nSPS) is 41.8.